The first-order chi connectivity index (χ1) is 6.30. The molecule has 0 saturated heterocycles. The molecule has 0 spiro atoms. The molecule has 76 valence electrons. The fraction of sp³-hybridized carbons (Fsp3) is 0.400. The van der Waals surface area contributed by atoms with E-state index in [0.717, 1.165) is 0 Å². The van der Waals surface area contributed by atoms with Gasteiger partial charge in [0.1, 0.15) is 0 Å². The van der Waals surface area contributed by atoms with E-state index in [4.69, 9.17) is 5.41 Å². The second-order valence-corrected chi connectivity index (χ2v) is 2.18. The summed E-state index contributed by atoms with van der Waals surface area (Å²) in [5.74, 6) is -3.88. The SMILES string of the molecule is N=C=C1N=NN=C1C(F)(F)C(F)(F)F. The number of alkyl halides is 5. The van der Waals surface area contributed by atoms with Crippen LogP contribution in [-0.4, -0.2) is 23.7 Å². The Hall–Kier alpha value is -1.63. The molecule has 0 atom stereocenters. The van der Waals surface area contributed by atoms with Crippen molar-refractivity contribution >= 4 is 11.6 Å². The first-order valence-electron chi connectivity index (χ1n) is 3.04. The Balaban J connectivity index is 3.14. The molecule has 1 N–H and O–H groups in total. The van der Waals surface area contributed by atoms with Gasteiger partial charge in [0.15, 0.2) is 11.4 Å². The molecule has 1 rings (SSSR count). The zero-order valence-electron chi connectivity index (χ0n) is 6.23. The van der Waals surface area contributed by atoms with Crippen molar-refractivity contribution in [3.05, 3.63) is 5.70 Å². The minimum atomic E-state index is -5.79. The van der Waals surface area contributed by atoms with Crippen molar-refractivity contribution in [3.63, 3.8) is 0 Å². The summed E-state index contributed by atoms with van der Waals surface area (Å²) in [6, 6.07) is 0. The van der Waals surface area contributed by atoms with Gasteiger partial charge in [-0.1, -0.05) is 0 Å². The highest BCUT2D eigenvalue weighted by Crippen LogP contribution is 2.39. The van der Waals surface area contributed by atoms with Crippen molar-refractivity contribution < 1.29 is 22.0 Å². The van der Waals surface area contributed by atoms with Crippen LogP contribution in [0.3, 0.4) is 0 Å². The zero-order chi connectivity index (χ0) is 11.0. The van der Waals surface area contributed by atoms with Gasteiger partial charge in [-0.25, -0.2) is 0 Å². The third kappa shape index (κ3) is 1.41. The average Bonchev–Trinajstić information content (AvgIpc) is 2.49. The molecular formula is C5HF5N4. The Bertz CT molecular complexity index is 359. The van der Waals surface area contributed by atoms with E-state index < -0.39 is 23.5 Å². The van der Waals surface area contributed by atoms with Gasteiger partial charge in [0.2, 0.25) is 0 Å². The van der Waals surface area contributed by atoms with Gasteiger partial charge in [0, 0.05) is 5.87 Å². The number of allylic oxidation sites excluding steroid dienone is 1. The minimum Gasteiger partial charge on any atom is -0.257 e. The van der Waals surface area contributed by atoms with E-state index in [0.29, 0.717) is 0 Å². The van der Waals surface area contributed by atoms with Gasteiger partial charge in [0.25, 0.3) is 0 Å². The molecule has 0 unspecified atom stereocenters. The topological polar surface area (TPSA) is 60.9 Å². The van der Waals surface area contributed by atoms with E-state index >= 15 is 0 Å². The quantitative estimate of drug-likeness (QED) is 0.511. The highest BCUT2D eigenvalue weighted by Gasteiger charge is 2.63. The van der Waals surface area contributed by atoms with E-state index in [9.17, 15) is 22.0 Å². The van der Waals surface area contributed by atoms with Crippen LogP contribution in [-0.2, 0) is 0 Å². The number of hydrogen-bond acceptors (Lipinski definition) is 4. The smallest absolute Gasteiger partial charge is 0.257 e. The van der Waals surface area contributed by atoms with Crippen LogP contribution >= 0.6 is 0 Å². The lowest BCUT2D eigenvalue weighted by atomic mass is 10.1. The van der Waals surface area contributed by atoms with Gasteiger partial charge in [0.05, 0.1) is 0 Å². The highest BCUT2D eigenvalue weighted by molar-refractivity contribution is 6.11. The van der Waals surface area contributed by atoms with E-state index in [2.05, 4.69) is 15.4 Å². The summed E-state index contributed by atoms with van der Waals surface area (Å²) in [7, 11) is 0. The molecule has 0 radical (unpaired) electrons. The number of nitrogens with one attached hydrogen (secondary N) is 1. The maximum Gasteiger partial charge on any atom is 0.459 e. The fourth-order valence-electron chi connectivity index (χ4n) is 0.636. The number of halogens is 5. The molecule has 0 amide bonds. The van der Waals surface area contributed by atoms with Crippen molar-refractivity contribution in [2.24, 2.45) is 15.4 Å². The third-order valence-corrected chi connectivity index (χ3v) is 1.29. The summed E-state index contributed by atoms with van der Waals surface area (Å²) in [4.78, 5) is 0. The highest BCUT2D eigenvalue weighted by atomic mass is 19.4. The first-order valence-corrected chi connectivity index (χ1v) is 3.04. The van der Waals surface area contributed by atoms with Crippen LogP contribution in [0.15, 0.2) is 21.1 Å². The summed E-state index contributed by atoms with van der Waals surface area (Å²) in [5, 5.41) is 14.3. The van der Waals surface area contributed by atoms with Gasteiger partial charge < -0.3 is 0 Å². The summed E-state index contributed by atoms with van der Waals surface area (Å²) < 4.78 is 60.4. The largest absolute Gasteiger partial charge is 0.459 e. The first kappa shape index (κ1) is 10.5. The van der Waals surface area contributed by atoms with Crippen LogP contribution in [0.5, 0.6) is 0 Å². The second-order valence-electron chi connectivity index (χ2n) is 2.18. The Morgan fingerprint density at radius 3 is 2.14 bits per heavy atom. The lowest BCUT2D eigenvalue weighted by Gasteiger charge is -2.17. The molecule has 0 aromatic carbocycles. The van der Waals surface area contributed by atoms with Crippen molar-refractivity contribution in [2.75, 3.05) is 0 Å². The van der Waals surface area contributed by atoms with Crippen LogP contribution in [0.4, 0.5) is 22.0 Å². The molecule has 1 aliphatic heterocycles. The molecule has 1 heterocycles. The van der Waals surface area contributed by atoms with E-state index in [-0.39, 0.29) is 0 Å². The van der Waals surface area contributed by atoms with Gasteiger partial charge in [-0.2, -0.15) is 22.0 Å². The van der Waals surface area contributed by atoms with Crippen LogP contribution in [0.1, 0.15) is 0 Å². The van der Waals surface area contributed by atoms with Crippen molar-refractivity contribution in [1.29, 1.82) is 5.41 Å². The molecule has 0 bridgehead atoms. The molecule has 0 aromatic heterocycles. The van der Waals surface area contributed by atoms with Crippen molar-refractivity contribution in [3.8, 4) is 0 Å². The normalized spacial score (nSPS) is 16.9. The van der Waals surface area contributed by atoms with Gasteiger partial charge in [-0.05, 0) is 5.22 Å². The monoisotopic (exact) mass is 212 g/mol. The standard InChI is InChI=1S/C5HF5N4/c6-4(7,5(8,9)10)3-2(1-11)12-14-13-3/h11H. The predicted molar refractivity (Wildman–Crippen MR) is 34.5 cm³/mol. The third-order valence-electron chi connectivity index (χ3n) is 1.29. The second kappa shape index (κ2) is 2.95. The molecule has 4 nitrogen and oxygen atoms in total. The Morgan fingerprint density at radius 2 is 1.71 bits per heavy atom. The Morgan fingerprint density at radius 1 is 1.14 bits per heavy atom. The van der Waals surface area contributed by atoms with E-state index in [1.165, 1.54) is 5.87 Å². The minimum absolute atomic E-state index is 1.02. The van der Waals surface area contributed by atoms with Gasteiger partial charge in [-0.15, -0.1) is 10.2 Å². The summed E-state index contributed by atoms with van der Waals surface area (Å²) >= 11 is 0. The van der Waals surface area contributed by atoms with Crippen molar-refractivity contribution in [2.45, 2.75) is 12.1 Å². The molecule has 0 aliphatic carbocycles. The molecule has 0 aromatic rings. The average molecular weight is 212 g/mol. The Labute approximate surface area is 73.3 Å². The lowest BCUT2D eigenvalue weighted by molar-refractivity contribution is -0.248. The summed E-state index contributed by atoms with van der Waals surface area (Å²) in [5.41, 5.74) is -2.73. The fourth-order valence-corrected chi connectivity index (χ4v) is 0.636. The number of hydrogen-bond donors (Lipinski definition) is 1. The molecule has 14 heavy (non-hydrogen) atoms. The molecule has 1 aliphatic rings. The van der Waals surface area contributed by atoms with Gasteiger partial charge >= 0.3 is 12.1 Å². The molecule has 0 fully saturated rings. The zero-order valence-corrected chi connectivity index (χ0v) is 6.23. The maximum absolute atomic E-state index is 12.6. The van der Waals surface area contributed by atoms with Crippen LogP contribution < -0.4 is 0 Å². The maximum atomic E-state index is 12.6. The Kier molecular flexibility index (Phi) is 2.20. The molecular weight excluding hydrogens is 211 g/mol. The molecule has 0 saturated carbocycles. The number of nitrogens with zero attached hydrogens (tertiary/aromatic N) is 3. The lowest BCUT2D eigenvalue weighted by Crippen LogP contribution is -2.44. The van der Waals surface area contributed by atoms with Gasteiger partial charge in [-0.3, -0.25) is 5.41 Å². The summed E-state index contributed by atoms with van der Waals surface area (Å²) in [6.07, 6.45) is -5.79. The summed E-state index contributed by atoms with van der Waals surface area (Å²) in [6.45, 7) is 0. The predicted octanol–water partition coefficient (Wildman–Crippen LogP) is 2.14. The molecule has 9 heteroatoms. The van der Waals surface area contributed by atoms with E-state index in [1.54, 1.807) is 0 Å². The van der Waals surface area contributed by atoms with E-state index in [1.807, 2.05) is 0 Å². The number of rotatable bonds is 1. The van der Waals surface area contributed by atoms with Crippen LogP contribution in [0.25, 0.3) is 0 Å². The van der Waals surface area contributed by atoms with Crippen LogP contribution in [0.2, 0.25) is 0 Å². The van der Waals surface area contributed by atoms with Crippen molar-refractivity contribution in [1.82, 2.24) is 0 Å². The van der Waals surface area contributed by atoms with Crippen LogP contribution in [0, 0.1) is 5.41 Å².